The first-order valence-corrected chi connectivity index (χ1v) is 7.80. The summed E-state index contributed by atoms with van der Waals surface area (Å²) in [5.41, 5.74) is 0.584. The molecule has 0 saturated carbocycles. The molecule has 2 aliphatic heterocycles. The van der Waals surface area contributed by atoms with Gasteiger partial charge in [0, 0.05) is 18.7 Å². The van der Waals surface area contributed by atoms with Crippen LogP contribution in [0.15, 0.2) is 30.3 Å². The molecule has 0 aromatic heterocycles. The summed E-state index contributed by atoms with van der Waals surface area (Å²) in [6.45, 7) is 2.70. The van der Waals surface area contributed by atoms with E-state index in [1.807, 2.05) is 18.2 Å². The molecule has 3 rings (SSSR count). The third-order valence-corrected chi connectivity index (χ3v) is 4.83. The van der Waals surface area contributed by atoms with Gasteiger partial charge >= 0.3 is 0 Å². The maximum Gasteiger partial charge on any atom is 0.0716 e. The Bertz CT molecular complexity index is 437. The van der Waals surface area contributed by atoms with E-state index in [0.29, 0.717) is 31.7 Å². The fourth-order valence-electron chi connectivity index (χ4n) is 3.47. The number of rotatable bonds is 5. The molecule has 4 heteroatoms. The lowest BCUT2D eigenvalue weighted by Crippen LogP contribution is -2.60. The maximum atomic E-state index is 10.8. The molecule has 2 saturated heterocycles. The molecule has 0 radical (unpaired) electrons. The molecule has 1 N–H and O–H groups in total. The summed E-state index contributed by atoms with van der Waals surface area (Å²) in [4.78, 5) is 2.36. The summed E-state index contributed by atoms with van der Waals surface area (Å²) >= 11 is 0. The molecular weight excluding hydrogens is 266 g/mol. The van der Waals surface area contributed by atoms with Crippen LogP contribution in [0.4, 0.5) is 0 Å². The second kappa shape index (κ2) is 6.44. The fourth-order valence-corrected chi connectivity index (χ4v) is 3.47. The minimum absolute atomic E-state index is 0.344. The largest absolute Gasteiger partial charge is 0.390 e. The zero-order valence-electron chi connectivity index (χ0n) is 12.7. The van der Waals surface area contributed by atoms with Crippen LogP contribution in [0.5, 0.6) is 0 Å². The van der Waals surface area contributed by atoms with Gasteiger partial charge in [-0.3, -0.25) is 4.90 Å². The molecule has 4 nitrogen and oxygen atoms in total. The Morgan fingerprint density at radius 1 is 1.24 bits per heavy atom. The number of likely N-dealkylation sites (N-methyl/N-ethyl adjacent to an activating group) is 1. The first kappa shape index (κ1) is 15.0. The summed E-state index contributed by atoms with van der Waals surface area (Å²) in [6, 6.07) is 10.9. The third kappa shape index (κ3) is 3.64. The van der Waals surface area contributed by atoms with Crippen LogP contribution < -0.4 is 0 Å². The lowest BCUT2D eigenvalue weighted by atomic mass is 9.79. The first-order chi connectivity index (χ1) is 10.2. The predicted octanol–water partition coefficient (Wildman–Crippen LogP) is 1.82. The van der Waals surface area contributed by atoms with Gasteiger partial charge < -0.3 is 14.6 Å². The Hall–Kier alpha value is -0.940. The van der Waals surface area contributed by atoms with Gasteiger partial charge in [-0.15, -0.1) is 0 Å². The van der Waals surface area contributed by atoms with Crippen LogP contribution in [0.25, 0.3) is 0 Å². The molecule has 2 atom stereocenters. The molecule has 2 aliphatic rings. The molecule has 0 amide bonds. The average molecular weight is 291 g/mol. The van der Waals surface area contributed by atoms with Crippen molar-refractivity contribution < 1.29 is 14.6 Å². The second-order valence-electron chi connectivity index (χ2n) is 6.43. The molecule has 1 aromatic carbocycles. The molecule has 0 aliphatic carbocycles. The third-order valence-electron chi connectivity index (χ3n) is 4.83. The second-order valence-corrected chi connectivity index (χ2v) is 6.43. The number of fused-ring (bicyclic) bond motifs is 2. The van der Waals surface area contributed by atoms with E-state index >= 15 is 0 Å². The van der Waals surface area contributed by atoms with Crippen molar-refractivity contribution in [3.63, 3.8) is 0 Å². The molecule has 116 valence electrons. The zero-order chi connectivity index (χ0) is 14.7. The summed E-state index contributed by atoms with van der Waals surface area (Å²) in [5.74, 6) is 0. The van der Waals surface area contributed by atoms with E-state index in [1.165, 1.54) is 5.56 Å². The lowest BCUT2D eigenvalue weighted by Gasteiger charge is -2.50. The van der Waals surface area contributed by atoms with Crippen LogP contribution in [0.3, 0.4) is 0 Å². The van der Waals surface area contributed by atoms with E-state index < -0.39 is 5.60 Å². The van der Waals surface area contributed by atoms with Crippen molar-refractivity contribution >= 4 is 0 Å². The number of piperidine rings is 1. The minimum atomic E-state index is -0.595. The van der Waals surface area contributed by atoms with Gasteiger partial charge in [-0.05, 0) is 31.9 Å². The Labute approximate surface area is 126 Å². The standard InChI is InChI=1S/C17H25NO3/c1-18-15-9-17(19,10-16(18)13-21-12-15)7-8-20-11-14-5-3-2-4-6-14/h2-6,15-16,19H,7-13H2,1H3. The summed E-state index contributed by atoms with van der Waals surface area (Å²) in [6.07, 6.45) is 2.28. The van der Waals surface area contributed by atoms with Crippen molar-refractivity contribution in [2.45, 2.75) is 43.6 Å². The van der Waals surface area contributed by atoms with Gasteiger partial charge in [0.2, 0.25) is 0 Å². The van der Waals surface area contributed by atoms with Crippen LogP contribution in [0, 0.1) is 0 Å². The Morgan fingerprint density at radius 3 is 2.57 bits per heavy atom. The van der Waals surface area contributed by atoms with Crippen molar-refractivity contribution in [2.24, 2.45) is 0 Å². The quantitative estimate of drug-likeness (QED) is 0.840. The number of hydrogen-bond acceptors (Lipinski definition) is 4. The van der Waals surface area contributed by atoms with Crippen molar-refractivity contribution in [3.8, 4) is 0 Å². The number of nitrogens with zero attached hydrogens (tertiary/aromatic N) is 1. The monoisotopic (exact) mass is 291 g/mol. The van der Waals surface area contributed by atoms with Crippen LogP contribution in [0.2, 0.25) is 0 Å². The van der Waals surface area contributed by atoms with Gasteiger partial charge in [0.15, 0.2) is 0 Å². The highest BCUT2D eigenvalue weighted by Crippen LogP contribution is 2.35. The molecule has 2 unspecified atom stereocenters. The lowest BCUT2D eigenvalue weighted by molar-refractivity contribution is -0.141. The van der Waals surface area contributed by atoms with E-state index in [-0.39, 0.29) is 0 Å². The van der Waals surface area contributed by atoms with E-state index in [1.54, 1.807) is 0 Å². The minimum Gasteiger partial charge on any atom is -0.390 e. The molecule has 2 heterocycles. The van der Waals surface area contributed by atoms with Gasteiger partial charge in [0.05, 0.1) is 25.4 Å². The van der Waals surface area contributed by atoms with Crippen molar-refractivity contribution in [1.29, 1.82) is 0 Å². The molecule has 1 aromatic rings. The average Bonchev–Trinajstić information content (AvgIpc) is 2.47. The van der Waals surface area contributed by atoms with E-state index in [9.17, 15) is 5.11 Å². The molecule has 2 bridgehead atoms. The van der Waals surface area contributed by atoms with Gasteiger partial charge in [-0.25, -0.2) is 0 Å². The normalized spacial score (nSPS) is 33.0. The molecule has 21 heavy (non-hydrogen) atoms. The Kier molecular flexibility index (Phi) is 4.60. The van der Waals surface area contributed by atoms with Crippen LogP contribution >= 0.6 is 0 Å². The van der Waals surface area contributed by atoms with Gasteiger partial charge in [-0.2, -0.15) is 0 Å². The van der Waals surface area contributed by atoms with Crippen molar-refractivity contribution in [2.75, 3.05) is 26.9 Å². The fraction of sp³-hybridized carbons (Fsp3) is 0.647. The summed E-state index contributed by atoms with van der Waals surface area (Å²) in [7, 11) is 2.14. The summed E-state index contributed by atoms with van der Waals surface area (Å²) in [5, 5.41) is 10.8. The SMILES string of the molecule is CN1C2COCC1CC(O)(CCOCc1ccccc1)C2. The van der Waals surface area contributed by atoms with E-state index in [0.717, 1.165) is 26.1 Å². The number of benzene rings is 1. The van der Waals surface area contributed by atoms with Crippen molar-refractivity contribution in [1.82, 2.24) is 4.90 Å². The maximum absolute atomic E-state index is 10.8. The van der Waals surface area contributed by atoms with Crippen LogP contribution in [-0.4, -0.2) is 54.6 Å². The Morgan fingerprint density at radius 2 is 1.90 bits per heavy atom. The topological polar surface area (TPSA) is 41.9 Å². The molecule has 0 spiro atoms. The zero-order valence-corrected chi connectivity index (χ0v) is 12.7. The predicted molar refractivity (Wildman–Crippen MR) is 81.1 cm³/mol. The first-order valence-electron chi connectivity index (χ1n) is 7.80. The highest BCUT2D eigenvalue weighted by molar-refractivity contribution is 5.13. The number of morpholine rings is 1. The number of ether oxygens (including phenoxy) is 2. The van der Waals surface area contributed by atoms with Crippen molar-refractivity contribution in [3.05, 3.63) is 35.9 Å². The van der Waals surface area contributed by atoms with Gasteiger partial charge in [-0.1, -0.05) is 30.3 Å². The van der Waals surface area contributed by atoms with Gasteiger partial charge in [0.25, 0.3) is 0 Å². The highest BCUT2D eigenvalue weighted by Gasteiger charge is 2.44. The van der Waals surface area contributed by atoms with E-state index in [4.69, 9.17) is 9.47 Å². The van der Waals surface area contributed by atoms with E-state index in [2.05, 4.69) is 24.1 Å². The summed E-state index contributed by atoms with van der Waals surface area (Å²) < 4.78 is 11.3. The van der Waals surface area contributed by atoms with Crippen LogP contribution in [-0.2, 0) is 16.1 Å². The van der Waals surface area contributed by atoms with Gasteiger partial charge in [0.1, 0.15) is 0 Å². The Balaban J connectivity index is 1.46. The number of aliphatic hydroxyl groups is 1. The molecular formula is C17H25NO3. The number of hydrogen-bond donors (Lipinski definition) is 1. The highest BCUT2D eigenvalue weighted by atomic mass is 16.5. The van der Waals surface area contributed by atoms with Crippen LogP contribution in [0.1, 0.15) is 24.8 Å². The molecule has 2 fully saturated rings. The smallest absolute Gasteiger partial charge is 0.0716 e.